The standard InChI is InChI=1S/C24H31N3O5S/c1-4-14-26(15-5-2)33(30,31)22-12-6-19(7-13-22)25-24(29)18-16-23(28)27(17-18)20-8-10-21(32-3)11-9-20/h6-13,18H,4-5,14-17H2,1-3H3,(H,25,29). The molecule has 1 unspecified atom stereocenters. The lowest BCUT2D eigenvalue weighted by Crippen LogP contribution is -2.32. The van der Waals surface area contributed by atoms with Crippen molar-refractivity contribution in [2.75, 3.05) is 37.0 Å². The maximum absolute atomic E-state index is 12.9. The normalized spacial score (nSPS) is 16.3. The second-order valence-corrected chi connectivity index (χ2v) is 9.96. The van der Waals surface area contributed by atoms with E-state index in [1.807, 2.05) is 13.8 Å². The van der Waals surface area contributed by atoms with E-state index in [1.165, 1.54) is 16.4 Å². The molecule has 178 valence electrons. The van der Waals surface area contributed by atoms with Gasteiger partial charge in [0.2, 0.25) is 21.8 Å². The third kappa shape index (κ3) is 5.72. The molecule has 2 amide bonds. The van der Waals surface area contributed by atoms with Crippen molar-refractivity contribution in [1.82, 2.24) is 4.31 Å². The van der Waals surface area contributed by atoms with E-state index in [0.717, 1.165) is 18.5 Å². The number of sulfonamides is 1. The molecule has 2 aromatic rings. The van der Waals surface area contributed by atoms with Crippen molar-refractivity contribution in [2.45, 2.75) is 38.0 Å². The molecule has 1 N–H and O–H groups in total. The summed E-state index contributed by atoms with van der Waals surface area (Å²) in [5.74, 6) is -0.187. The van der Waals surface area contributed by atoms with Crippen molar-refractivity contribution in [1.29, 1.82) is 0 Å². The molecule has 0 aliphatic carbocycles. The largest absolute Gasteiger partial charge is 0.497 e. The van der Waals surface area contributed by atoms with Crippen LogP contribution in [-0.4, -0.2) is 51.3 Å². The Balaban J connectivity index is 1.65. The van der Waals surface area contributed by atoms with E-state index < -0.39 is 15.9 Å². The van der Waals surface area contributed by atoms with Crippen LogP contribution in [0.1, 0.15) is 33.1 Å². The van der Waals surface area contributed by atoms with Gasteiger partial charge in [0.15, 0.2) is 0 Å². The van der Waals surface area contributed by atoms with Crippen LogP contribution in [0.3, 0.4) is 0 Å². The first kappa shape index (κ1) is 24.7. The van der Waals surface area contributed by atoms with Crippen LogP contribution in [0.2, 0.25) is 0 Å². The number of nitrogens with zero attached hydrogens (tertiary/aromatic N) is 2. The van der Waals surface area contributed by atoms with E-state index in [2.05, 4.69) is 5.32 Å². The molecule has 8 nitrogen and oxygen atoms in total. The maximum Gasteiger partial charge on any atom is 0.243 e. The zero-order valence-electron chi connectivity index (χ0n) is 19.3. The van der Waals surface area contributed by atoms with E-state index in [9.17, 15) is 18.0 Å². The van der Waals surface area contributed by atoms with E-state index in [0.29, 0.717) is 24.5 Å². The lowest BCUT2D eigenvalue weighted by Gasteiger charge is -2.21. The Morgan fingerprint density at radius 3 is 2.21 bits per heavy atom. The third-order valence-corrected chi connectivity index (χ3v) is 7.50. The van der Waals surface area contributed by atoms with Gasteiger partial charge in [-0.3, -0.25) is 9.59 Å². The van der Waals surface area contributed by atoms with Gasteiger partial charge in [0.1, 0.15) is 5.75 Å². The highest BCUT2D eigenvalue weighted by atomic mass is 32.2. The summed E-state index contributed by atoms with van der Waals surface area (Å²) in [6.07, 6.45) is 1.59. The third-order valence-electron chi connectivity index (χ3n) is 5.59. The summed E-state index contributed by atoms with van der Waals surface area (Å²) in [5.41, 5.74) is 1.21. The van der Waals surface area contributed by atoms with Gasteiger partial charge in [0, 0.05) is 37.4 Å². The number of nitrogens with one attached hydrogen (secondary N) is 1. The van der Waals surface area contributed by atoms with Crippen LogP contribution < -0.4 is 15.0 Å². The molecule has 1 heterocycles. The second kappa shape index (κ2) is 10.8. The summed E-state index contributed by atoms with van der Waals surface area (Å²) >= 11 is 0. The van der Waals surface area contributed by atoms with Gasteiger partial charge in [0.25, 0.3) is 0 Å². The lowest BCUT2D eigenvalue weighted by atomic mass is 10.1. The minimum absolute atomic E-state index is 0.117. The molecular weight excluding hydrogens is 442 g/mol. The molecule has 3 rings (SSSR count). The van der Waals surface area contributed by atoms with Gasteiger partial charge in [-0.2, -0.15) is 4.31 Å². The number of anilines is 2. The first-order valence-electron chi connectivity index (χ1n) is 11.2. The minimum atomic E-state index is -3.58. The van der Waals surface area contributed by atoms with E-state index in [4.69, 9.17) is 4.74 Å². The molecule has 1 aliphatic heterocycles. The van der Waals surface area contributed by atoms with Gasteiger partial charge in [-0.15, -0.1) is 0 Å². The number of rotatable bonds is 10. The number of methoxy groups -OCH3 is 1. The summed E-state index contributed by atoms with van der Waals surface area (Å²) in [6, 6.07) is 13.3. The van der Waals surface area contributed by atoms with Crippen LogP contribution in [0.15, 0.2) is 53.4 Å². The van der Waals surface area contributed by atoms with Crippen LogP contribution in [0, 0.1) is 5.92 Å². The maximum atomic E-state index is 12.9. The number of carbonyl (C=O) groups is 2. The van der Waals surface area contributed by atoms with Gasteiger partial charge < -0.3 is 15.0 Å². The van der Waals surface area contributed by atoms with Gasteiger partial charge in [-0.1, -0.05) is 13.8 Å². The Bertz CT molecular complexity index is 1060. The molecule has 1 atom stereocenters. The summed E-state index contributed by atoms with van der Waals surface area (Å²) in [6.45, 7) is 5.11. The molecule has 33 heavy (non-hydrogen) atoms. The summed E-state index contributed by atoms with van der Waals surface area (Å²) in [5, 5.41) is 2.81. The van der Waals surface area contributed by atoms with Crippen molar-refractivity contribution >= 4 is 33.2 Å². The highest BCUT2D eigenvalue weighted by Crippen LogP contribution is 2.28. The Morgan fingerprint density at radius 1 is 1.06 bits per heavy atom. The number of carbonyl (C=O) groups excluding carboxylic acids is 2. The number of hydrogen-bond acceptors (Lipinski definition) is 5. The summed E-state index contributed by atoms with van der Waals surface area (Å²) < 4.78 is 32.4. The molecule has 9 heteroatoms. The molecule has 2 aromatic carbocycles. The highest BCUT2D eigenvalue weighted by Gasteiger charge is 2.35. The molecular formula is C24H31N3O5S. The smallest absolute Gasteiger partial charge is 0.243 e. The Morgan fingerprint density at radius 2 is 1.67 bits per heavy atom. The minimum Gasteiger partial charge on any atom is -0.497 e. The molecule has 1 saturated heterocycles. The predicted octanol–water partition coefficient (Wildman–Crippen LogP) is 3.50. The van der Waals surface area contributed by atoms with Gasteiger partial charge in [0.05, 0.1) is 17.9 Å². The average molecular weight is 474 g/mol. The molecule has 0 spiro atoms. The van der Waals surface area contributed by atoms with Crippen LogP contribution >= 0.6 is 0 Å². The molecule has 0 aromatic heterocycles. The lowest BCUT2D eigenvalue weighted by molar-refractivity contribution is -0.122. The monoisotopic (exact) mass is 473 g/mol. The first-order valence-corrected chi connectivity index (χ1v) is 12.6. The van der Waals surface area contributed by atoms with Crippen molar-refractivity contribution in [3.05, 3.63) is 48.5 Å². The van der Waals surface area contributed by atoms with Crippen LogP contribution in [0.25, 0.3) is 0 Å². The molecule has 0 radical (unpaired) electrons. The van der Waals surface area contributed by atoms with E-state index >= 15 is 0 Å². The predicted molar refractivity (Wildman–Crippen MR) is 128 cm³/mol. The highest BCUT2D eigenvalue weighted by molar-refractivity contribution is 7.89. The Hall–Kier alpha value is -2.91. The van der Waals surface area contributed by atoms with Crippen molar-refractivity contribution in [3.63, 3.8) is 0 Å². The average Bonchev–Trinajstić information content (AvgIpc) is 3.21. The fourth-order valence-electron chi connectivity index (χ4n) is 3.85. The second-order valence-electron chi connectivity index (χ2n) is 8.02. The van der Waals surface area contributed by atoms with Gasteiger partial charge in [-0.25, -0.2) is 8.42 Å². The zero-order chi connectivity index (χ0) is 24.0. The number of hydrogen-bond donors (Lipinski definition) is 1. The van der Waals surface area contributed by atoms with Crippen LogP contribution in [-0.2, 0) is 19.6 Å². The fourth-order valence-corrected chi connectivity index (χ4v) is 5.47. The van der Waals surface area contributed by atoms with Gasteiger partial charge in [-0.05, 0) is 61.4 Å². The molecule has 1 fully saturated rings. The number of amides is 2. The Kier molecular flexibility index (Phi) is 8.10. The van der Waals surface area contributed by atoms with Crippen LogP contribution in [0.4, 0.5) is 11.4 Å². The SMILES string of the molecule is CCCN(CCC)S(=O)(=O)c1ccc(NC(=O)C2CC(=O)N(c3ccc(OC)cc3)C2)cc1. The van der Waals surface area contributed by atoms with Crippen molar-refractivity contribution < 1.29 is 22.7 Å². The fraction of sp³-hybridized carbons (Fsp3) is 0.417. The van der Waals surface area contributed by atoms with E-state index in [1.54, 1.807) is 48.4 Å². The van der Waals surface area contributed by atoms with Crippen molar-refractivity contribution in [2.24, 2.45) is 5.92 Å². The Labute approximate surface area is 195 Å². The topological polar surface area (TPSA) is 96.0 Å². The van der Waals surface area contributed by atoms with E-state index in [-0.39, 0.29) is 29.7 Å². The summed E-state index contributed by atoms with van der Waals surface area (Å²) in [7, 11) is -2.00. The zero-order valence-corrected chi connectivity index (χ0v) is 20.1. The molecule has 0 bridgehead atoms. The first-order chi connectivity index (χ1) is 15.8. The number of benzene rings is 2. The number of ether oxygens (including phenoxy) is 1. The molecule has 0 saturated carbocycles. The quantitative estimate of drug-likeness (QED) is 0.570. The van der Waals surface area contributed by atoms with Crippen molar-refractivity contribution in [3.8, 4) is 5.75 Å². The summed E-state index contributed by atoms with van der Waals surface area (Å²) in [4.78, 5) is 27.0. The van der Waals surface area contributed by atoms with Crippen LogP contribution in [0.5, 0.6) is 5.75 Å². The molecule has 1 aliphatic rings. The van der Waals surface area contributed by atoms with Gasteiger partial charge >= 0.3 is 0 Å².